The summed E-state index contributed by atoms with van der Waals surface area (Å²) in [5, 5.41) is 32.8. The molecular formula is C11H14N4O6. The predicted octanol–water partition coefficient (Wildman–Crippen LogP) is 1.11. The molecule has 0 aliphatic heterocycles. The molecule has 0 aliphatic rings. The highest BCUT2D eigenvalue weighted by Gasteiger charge is 2.19. The van der Waals surface area contributed by atoms with Gasteiger partial charge in [0.2, 0.25) is 0 Å². The number of hydrogen-bond donors (Lipinski definition) is 3. The average Bonchev–Trinajstić information content (AvgIpc) is 2.42. The summed E-state index contributed by atoms with van der Waals surface area (Å²) in [6, 6.07) is 2.27. The highest BCUT2D eigenvalue weighted by molar-refractivity contribution is 5.73. The van der Waals surface area contributed by atoms with Crippen molar-refractivity contribution in [1.29, 1.82) is 0 Å². The number of aliphatic carboxylic acids is 1. The lowest BCUT2D eigenvalue weighted by molar-refractivity contribution is -0.393. The quantitative estimate of drug-likeness (QED) is 0.365. The van der Waals surface area contributed by atoms with Crippen LogP contribution in [0.3, 0.4) is 0 Å². The zero-order valence-corrected chi connectivity index (χ0v) is 10.9. The molecule has 0 bridgehead atoms. The first kappa shape index (κ1) is 16.3. The Morgan fingerprint density at radius 1 is 1.33 bits per heavy atom. The molecule has 0 aliphatic carbocycles. The van der Waals surface area contributed by atoms with Gasteiger partial charge in [-0.1, -0.05) is 0 Å². The number of non-ortho nitro benzene ring substituents is 1. The molecule has 0 radical (unpaired) electrons. The number of nitrogens with two attached hydrogens (primary N) is 1. The highest BCUT2D eigenvalue weighted by Crippen LogP contribution is 2.28. The SMILES string of the molecule is N[C@H](CCCNc1ccc([N+](=O)[O-])cc1[N+](=O)[O-])C(=O)O. The maximum Gasteiger partial charge on any atom is 0.320 e. The molecule has 0 amide bonds. The summed E-state index contributed by atoms with van der Waals surface area (Å²) in [6.45, 7) is 0.264. The molecule has 0 saturated carbocycles. The van der Waals surface area contributed by atoms with Gasteiger partial charge in [0.1, 0.15) is 11.7 Å². The first-order chi connectivity index (χ1) is 9.82. The fraction of sp³-hybridized carbons (Fsp3) is 0.364. The summed E-state index contributed by atoms with van der Waals surface area (Å²) >= 11 is 0. The van der Waals surface area contributed by atoms with E-state index >= 15 is 0 Å². The van der Waals surface area contributed by atoms with Gasteiger partial charge in [-0.15, -0.1) is 0 Å². The smallest absolute Gasteiger partial charge is 0.320 e. The normalized spacial score (nSPS) is 11.7. The minimum absolute atomic E-state index is 0.134. The fourth-order valence-corrected chi connectivity index (χ4v) is 1.60. The van der Waals surface area contributed by atoms with Crippen molar-refractivity contribution in [2.24, 2.45) is 5.73 Å². The van der Waals surface area contributed by atoms with Gasteiger partial charge in [-0.05, 0) is 18.9 Å². The van der Waals surface area contributed by atoms with E-state index in [-0.39, 0.29) is 24.3 Å². The standard InChI is InChI=1S/C11H14N4O6/c12-8(11(16)17)2-1-5-13-9-4-3-7(14(18)19)6-10(9)15(20)21/h3-4,6,8,13H,1-2,5,12H2,(H,16,17)/t8-/m1/s1. The molecule has 114 valence electrons. The average molecular weight is 298 g/mol. The maximum atomic E-state index is 10.9. The molecule has 21 heavy (non-hydrogen) atoms. The van der Waals surface area contributed by atoms with E-state index in [0.29, 0.717) is 6.42 Å². The second-order valence-corrected chi connectivity index (χ2v) is 4.23. The van der Waals surface area contributed by atoms with E-state index in [2.05, 4.69) is 5.32 Å². The topological polar surface area (TPSA) is 162 Å². The van der Waals surface area contributed by atoms with E-state index in [0.717, 1.165) is 12.1 Å². The molecular weight excluding hydrogens is 284 g/mol. The van der Waals surface area contributed by atoms with Crippen molar-refractivity contribution in [2.45, 2.75) is 18.9 Å². The highest BCUT2D eigenvalue weighted by atomic mass is 16.6. The van der Waals surface area contributed by atoms with Crippen LogP contribution in [0.2, 0.25) is 0 Å². The molecule has 1 aromatic carbocycles. The van der Waals surface area contributed by atoms with Crippen LogP contribution < -0.4 is 11.1 Å². The van der Waals surface area contributed by atoms with E-state index in [4.69, 9.17) is 10.8 Å². The Labute approximate surface area is 118 Å². The minimum Gasteiger partial charge on any atom is -0.480 e. The van der Waals surface area contributed by atoms with Crippen LogP contribution in [-0.2, 0) is 4.79 Å². The number of nitro benzene ring substituents is 2. The second kappa shape index (κ2) is 7.14. The minimum atomic E-state index is -1.11. The second-order valence-electron chi connectivity index (χ2n) is 4.23. The number of benzene rings is 1. The first-order valence-electron chi connectivity index (χ1n) is 5.98. The zero-order chi connectivity index (χ0) is 16.0. The van der Waals surface area contributed by atoms with Crippen molar-refractivity contribution in [3.8, 4) is 0 Å². The Morgan fingerprint density at radius 2 is 2.00 bits per heavy atom. The van der Waals surface area contributed by atoms with Gasteiger partial charge < -0.3 is 16.2 Å². The number of anilines is 1. The summed E-state index contributed by atoms with van der Waals surface area (Å²) in [6.07, 6.45) is 0.602. The van der Waals surface area contributed by atoms with Gasteiger partial charge in [-0.25, -0.2) is 0 Å². The maximum absolute atomic E-state index is 10.9. The van der Waals surface area contributed by atoms with Crippen LogP contribution in [-0.4, -0.2) is 33.5 Å². The molecule has 1 aromatic rings. The van der Waals surface area contributed by atoms with Crippen molar-refractivity contribution in [3.63, 3.8) is 0 Å². The van der Waals surface area contributed by atoms with E-state index in [1.54, 1.807) is 0 Å². The molecule has 0 aromatic heterocycles. The monoisotopic (exact) mass is 298 g/mol. The van der Waals surface area contributed by atoms with Crippen molar-refractivity contribution in [3.05, 3.63) is 38.4 Å². The van der Waals surface area contributed by atoms with Crippen molar-refractivity contribution >= 4 is 23.0 Å². The molecule has 0 unspecified atom stereocenters. The van der Waals surface area contributed by atoms with Crippen LogP contribution in [0.5, 0.6) is 0 Å². The summed E-state index contributed by atoms with van der Waals surface area (Å²) in [5.41, 5.74) is 4.67. The number of nitrogens with one attached hydrogen (secondary N) is 1. The van der Waals surface area contributed by atoms with Crippen LogP contribution in [0.1, 0.15) is 12.8 Å². The number of rotatable bonds is 8. The van der Waals surface area contributed by atoms with Gasteiger partial charge in [0.15, 0.2) is 0 Å². The molecule has 10 heteroatoms. The molecule has 0 fully saturated rings. The predicted molar refractivity (Wildman–Crippen MR) is 73.1 cm³/mol. The molecule has 1 rings (SSSR count). The number of carbonyl (C=O) groups is 1. The number of nitro groups is 2. The molecule has 0 saturated heterocycles. The first-order valence-corrected chi connectivity index (χ1v) is 5.98. The van der Waals surface area contributed by atoms with Gasteiger partial charge in [0.05, 0.1) is 15.9 Å². The van der Waals surface area contributed by atoms with Gasteiger partial charge in [0, 0.05) is 12.6 Å². The lowest BCUT2D eigenvalue weighted by atomic mass is 10.1. The van der Waals surface area contributed by atoms with Gasteiger partial charge >= 0.3 is 5.97 Å². The molecule has 1 atom stereocenters. The Balaban J connectivity index is 2.68. The van der Waals surface area contributed by atoms with E-state index in [1.807, 2.05) is 0 Å². The van der Waals surface area contributed by atoms with Crippen molar-refractivity contribution < 1.29 is 19.7 Å². The third kappa shape index (κ3) is 4.69. The number of nitrogens with zero attached hydrogens (tertiary/aromatic N) is 2. The molecule has 0 heterocycles. The molecule has 10 nitrogen and oxygen atoms in total. The summed E-state index contributed by atoms with van der Waals surface area (Å²) in [4.78, 5) is 30.5. The van der Waals surface area contributed by atoms with Crippen LogP contribution in [0, 0.1) is 20.2 Å². The van der Waals surface area contributed by atoms with Gasteiger partial charge in [-0.2, -0.15) is 0 Å². The number of carboxylic acid groups (broad SMARTS) is 1. The lowest BCUT2D eigenvalue weighted by Gasteiger charge is -2.08. The van der Waals surface area contributed by atoms with Crippen LogP contribution in [0.15, 0.2) is 18.2 Å². The summed E-state index contributed by atoms with van der Waals surface area (Å²) < 4.78 is 0. The van der Waals surface area contributed by atoms with Crippen molar-refractivity contribution in [2.75, 3.05) is 11.9 Å². The molecule has 4 N–H and O–H groups in total. The Kier molecular flexibility index (Phi) is 5.55. The lowest BCUT2D eigenvalue weighted by Crippen LogP contribution is -2.30. The van der Waals surface area contributed by atoms with Crippen molar-refractivity contribution in [1.82, 2.24) is 0 Å². The van der Waals surface area contributed by atoms with Crippen LogP contribution in [0.25, 0.3) is 0 Å². The Bertz CT molecular complexity index is 562. The van der Waals surface area contributed by atoms with E-state index < -0.39 is 27.5 Å². The van der Waals surface area contributed by atoms with E-state index in [1.165, 1.54) is 6.07 Å². The number of carboxylic acids is 1. The zero-order valence-electron chi connectivity index (χ0n) is 10.9. The van der Waals surface area contributed by atoms with E-state index in [9.17, 15) is 25.0 Å². The fourth-order valence-electron chi connectivity index (χ4n) is 1.60. The Morgan fingerprint density at radius 3 is 2.52 bits per heavy atom. The number of hydrogen-bond acceptors (Lipinski definition) is 7. The largest absolute Gasteiger partial charge is 0.480 e. The third-order valence-corrected chi connectivity index (χ3v) is 2.71. The summed E-state index contributed by atoms with van der Waals surface area (Å²) in [5.74, 6) is -1.11. The third-order valence-electron chi connectivity index (χ3n) is 2.71. The van der Waals surface area contributed by atoms with Crippen LogP contribution in [0.4, 0.5) is 17.1 Å². The van der Waals surface area contributed by atoms with Gasteiger partial charge in [-0.3, -0.25) is 25.0 Å². The molecule has 0 spiro atoms. The Hall–Kier alpha value is -2.75. The van der Waals surface area contributed by atoms with Crippen LogP contribution >= 0.6 is 0 Å². The summed E-state index contributed by atoms with van der Waals surface area (Å²) in [7, 11) is 0. The van der Waals surface area contributed by atoms with Gasteiger partial charge in [0.25, 0.3) is 11.4 Å².